The largest absolute Gasteiger partial charge is 0.465 e. The lowest BCUT2D eigenvalue weighted by Gasteiger charge is -2.13. The topological polar surface area (TPSA) is 64.3 Å². The first-order valence-electron chi connectivity index (χ1n) is 4.60. The molecule has 0 bridgehead atoms. The number of hydrogen-bond donors (Lipinski definition) is 1. The van der Waals surface area contributed by atoms with Crippen molar-refractivity contribution in [3.8, 4) is 6.07 Å². The number of carbonyl (C=O) groups is 1. The average Bonchev–Trinajstić information content (AvgIpc) is 2.60. The lowest BCUT2D eigenvalue weighted by molar-refractivity contribution is 0.151. The van der Waals surface area contributed by atoms with Gasteiger partial charge in [0.2, 0.25) is 0 Å². The molecule has 0 aromatic carbocycles. The van der Waals surface area contributed by atoms with E-state index < -0.39 is 6.09 Å². The Balaban J connectivity index is 2.06. The van der Waals surface area contributed by atoms with Gasteiger partial charge in [0.15, 0.2) is 0 Å². The zero-order valence-corrected chi connectivity index (χ0v) is 7.31. The number of likely N-dealkylation sites (tertiary alicyclic amines) is 1. The second-order valence-electron chi connectivity index (χ2n) is 3.92. The summed E-state index contributed by atoms with van der Waals surface area (Å²) in [5.41, 5.74) is 0. The number of nitrogens with zero attached hydrogens (tertiary/aromatic N) is 2. The zero-order valence-electron chi connectivity index (χ0n) is 7.31. The molecule has 1 heterocycles. The first-order chi connectivity index (χ1) is 6.22. The highest BCUT2D eigenvalue weighted by Gasteiger charge is 2.44. The number of carboxylic acid groups (broad SMARTS) is 1. The smallest absolute Gasteiger partial charge is 0.407 e. The molecule has 0 radical (unpaired) electrons. The van der Waals surface area contributed by atoms with E-state index in [1.165, 1.54) is 4.90 Å². The van der Waals surface area contributed by atoms with Gasteiger partial charge in [-0.1, -0.05) is 0 Å². The summed E-state index contributed by atoms with van der Waals surface area (Å²) in [5, 5.41) is 17.6. The molecule has 70 valence electrons. The van der Waals surface area contributed by atoms with Crippen molar-refractivity contribution in [3.05, 3.63) is 0 Å². The molecule has 2 fully saturated rings. The van der Waals surface area contributed by atoms with Crippen LogP contribution in [0.3, 0.4) is 0 Å². The van der Waals surface area contributed by atoms with Gasteiger partial charge in [-0.3, -0.25) is 0 Å². The summed E-state index contributed by atoms with van der Waals surface area (Å²) < 4.78 is 0. The van der Waals surface area contributed by atoms with E-state index in [1.54, 1.807) is 0 Å². The Labute approximate surface area is 76.8 Å². The molecule has 1 saturated heterocycles. The maximum absolute atomic E-state index is 10.7. The SMILES string of the molecule is N#CC1CCC2CN(C(=O)O)CC12. The Hall–Kier alpha value is -1.24. The van der Waals surface area contributed by atoms with Crippen molar-refractivity contribution in [1.29, 1.82) is 5.26 Å². The lowest BCUT2D eigenvalue weighted by atomic mass is 9.94. The molecule has 1 saturated carbocycles. The fourth-order valence-corrected chi connectivity index (χ4v) is 2.58. The van der Waals surface area contributed by atoms with E-state index in [2.05, 4.69) is 6.07 Å². The van der Waals surface area contributed by atoms with E-state index >= 15 is 0 Å². The van der Waals surface area contributed by atoms with E-state index in [-0.39, 0.29) is 5.92 Å². The van der Waals surface area contributed by atoms with Gasteiger partial charge in [0, 0.05) is 13.1 Å². The molecule has 0 aromatic rings. The van der Waals surface area contributed by atoms with Crippen molar-refractivity contribution >= 4 is 6.09 Å². The number of nitriles is 1. The van der Waals surface area contributed by atoms with Crippen molar-refractivity contribution in [1.82, 2.24) is 4.90 Å². The van der Waals surface area contributed by atoms with Crippen molar-refractivity contribution in [3.63, 3.8) is 0 Å². The zero-order chi connectivity index (χ0) is 9.42. The average molecular weight is 180 g/mol. The van der Waals surface area contributed by atoms with E-state index in [0.717, 1.165) is 12.8 Å². The van der Waals surface area contributed by atoms with Crippen LogP contribution in [0.2, 0.25) is 0 Å². The third-order valence-electron chi connectivity index (χ3n) is 3.29. The van der Waals surface area contributed by atoms with Crippen LogP contribution >= 0.6 is 0 Å². The summed E-state index contributed by atoms with van der Waals surface area (Å²) in [4.78, 5) is 12.1. The molecule has 1 amide bonds. The Morgan fingerprint density at radius 2 is 2.23 bits per heavy atom. The van der Waals surface area contributed by atoms with Gasteiger partial charge in [-0.05, 0) is 24.7 Å². The van der Waals surface area contributed by atoms with Crippen LogP contribution in [-0.2, 0) is 0 Å². The minimum absolute atomic E-state index is 0.0920. The van der Waals surface area contributed by atoms with Gasteiger partial charge in [-0.15, -0.1) is 0 Å². The van der Waals surface area contributed by atoms with Crippen LogP contribution in [0, 0.1) is 29.1 Å². The minimum Gasteiger partial charge on any atom is -0.465 e. The van der Waals surface area contributed by atoms with Crippen LogP contribution in [0.5, 0.6) is 0 Å². The second kappa shape index (κ2) is 2.91. The van der Waals surface area contributed by atoms with Crippen molar-refractivity contribution < 1.29 is 9.90 Å². The molecule has 3 unspecified atom stereocenters. The Morgan fingerprint density at radius 1 is 1.46 bits per heavy atom. The summed E-state index contributed by atoms with van der Waals surface area (Å²) in [5.74, 6) is 0.844. The van der Waals surface area contributed by atoms with Crippen LogP contribution in [0.1, 0.15) is 12.8 Å². The highest BCUT2D eigenvalue weighted by molar-refractivity contribution is 5.65. The van der Waals surface area contributed by atoms with E-state index in [0.29, 0.717) is 24.9 Å². The maximum Gasteiger partial charge on any atom is 0.407 e. The van der Waals surface area contributed by atoms with Crippen LogP contribution in [0.4, 0.5) is 4.79 Å². The molecular formula is C9H12N2O2. The van der Waals surface area contributed by atoms with Gasteiger partial charge >= 0.3 is 6.09 Å². The van der Waals surface area contributed by atoms with Gasteiger partial charge in [0.25, 0.3) is 0 Å². The monoisotopic (exact) mass is 180 g/mol. The van der Waals surface area contributed by atoms with Crippen molar-refractivity contribution in [2.24, 2.45) is 17.8 Å². The fourth-order valence-electron chi connectivity index (χ4n) is 2.58. The van der Waals surface area contributed by atoms with E-state index in [4.69, 9.17) is 10.4 Å². The molecule has 1 aliphatic carbocycles. The summed E-state index contributed by atoms with van der Waals surface area (Å²) in [6.45, 7) is 1.20. The number of amides is 1. The molecule has 0 aromatic heterocycles. The standard InChI is InChI=1S/C9H12N2O2/c10-3-6-1-2-7-4-11(9(12)13)5-8(6)7/h6-8H,1-2,4-5H2,(H,12,13). The maximum atomic E-state index is 10.7. The summed E-state index contributed by atoms with van der Waals surface area (Å²) >= 11 is 0. The van der Waals surface area contributed by atoms with Crippen LogP contribution < -0.4 is 0 Å². The Kier molecular flexibility index (Phi) is 1.87. The van der Waals surface area contributed by atoms with Gasteiger partial charge < -0.3 is 10.0 Å². The normalized spacial score (nSPS) is 37.2. The number of hydrogen-bond acceptors (Lipinski definition) is 2. The molecule has 13 heavy (non-hydrogen) atoms. The predicted octanol–water partition coefficient (Wildman–Crippen LogP) is 1.15. The first kappa shape index (κ1) is 8.36. The van der Waals surface area contributed by atoms with Gasteiger partial charge in [0.05, 0.1) is 12.0 Å². The Morgan fingerprint density at radius 3 is 2.85 bits per heavy atom. The summed E-state index contributed by atoms with van der Waals surface area (Å²) in [7, 11) is 0. The van der Waals surface area contributed by atoms with Crippen LogP contribution in [-0.4, -0.2) is 29.2 Å². The lowest BCUT2D eigenvalue weighted by Crippen LogP contribution is -2.28. The predicted molar refractivity (Wildman–Crippen MR) is 44.9 cm³/mol. The van der Waals surface area contributed by atoms with Gasteiger partial charge in [-0.2, -0.15) is 5.26 Å². The van der Waals surface area contributed by atoms with Crippen LogP contribution in [0.25, 0.3) is 0 Å². The van der Waals surface area contributed by atoms with Gasteiger partial charge in [0.1, 0.15) is 0 Å². The Bertz CT molecular complexity index is 271. The third-order valence-corrected chi connectivity index (χ3v) is 3.29. The van der Waals surface area contributed by atoms with Crippen molar-refractivity contribution in [2.75, 3.05) is 13.1 Å². The quantitative estimate of drug-likeness (QED) is 0.608. The van der Waals surface area contributed by atoms with Crippen molar-refractivity contribution in [2.45, 2.75) is 12.8 Å². The number of rotatable bonds is 0. The summed E-state index contributed by atoms with van der Waals surface area (Å²) in [6.07, 6.45) is 1.14. The third kappa shape index (κ3) is 1.24. The molecule has 3 atom stereocenters. The molecular weight excluding hydrogens is 168 g/mol. The summed E-state index contributed by atoms with van der Waals surface area (Å²) in [6, 6.07) is 2.28. The minimum atomic E-state index is -0.842. The highest BCUT2D eigenvalue weighted by atomic mass is 16.4. The molecule has 2 aliphatic rings. The fraction of sp³-hybridized carbons (Fsp3) is 0.778. The van der Waals surface area contributed by atoms with E-state index in [1.807, 2.05) is 0 Å². The first-order valence-corrected chi connectivity index (χ1v) is 4.60. The molecule has 1 N–H and O–H groups in total. The molecule has 2 rings (SSSR count). The molecule has 4 nitrogen and oxygen atoms in total. The molecule has 0 spiro atoms. The molecule has 1 aliphatic heterocycles. The second-order valence-corrected chi connectivity index (χ2v) is 3.92. The van der Waals surface area contributed by atoms with E-state index in [9.17, 15) is 4.79 Å². The van der Waals surface area contributed by atoms with Gasteiger partial charge in [-0.25, -0.2) is 4.79 Å². The number of fused-ring (bicyclic) bond motifs is 1. The van der Waals surface area contributed by atoms with Crippen LogP contribution in [0.15, 0.2) is 0 Å². The highest BCUT2D eigenvalue weighted by Crippen LogP contribution is 2.41. The molecule has 4 heteroatoms.